The van der Waals surface area contributed by atoms with Crippen molar-refractivity contribution in [2.45, 2.75) is 5.33 Å². The van der Waals surface area contributed by atoms with Crippen molar-refractivity contribution in [3.8, 4) is 17.6 Å². The highest BCUT2D eigenvalue weighted by Crippen LogP contribution is 2.25. The Labute approximate surface area is 109 Å². The molecular formula is C14H10BrNO. The van der Waals surface area contributed by atoms with Crippen molar-refractivity contribution in [2.75, 3.05) is 0 Å². The minimum atomic E-state index is 0.539. The van der Waals surface area contributed by atoms with E-state index < -0.39 is 0 Å². The summed E-state index contributed by atoms with van der Waals surface area (Å²) in [6.45, 7) is 0. The molecule has 0 bridgehead atoms. The van der Waals surface area contributed by atoms with Gasteiger partial charge in [0.1, 0.15) is 17.6 Å². The Bertz CT molecular complexity index is 543. The largest absolute Gasteiger partial charge is 0.456 e. The van der Waals surface area contributed by atoms with Gasteiger partial charge in [-0.25, -0.2) is 0 Å². The molecule has 2 aromatic carbocycles. The van der Waals surface area contributed by atoms with E-state index >= 15 is 0 Å². The molecule has 0 fully saturated rings. The maximum absolute atomic E-state index is 8.94. The van der Waals surface area contributed by atoms with Crippen molar-refractivity contribution < 1.29 is 4.74 Å². The van der Waals surface area contributed by atoms with Crippen molar-refractivity contribution in [1.82, 2.24) is 0 Å². The Balaban J connectivity index is 2.23. The molecule has 84 valence electrons. The van der Waals surface area contributed by atoms with Gasteiger partial charge in [0.25, 0.3) is 0 Å². The van der Waals surface area contributed by atoms with Crippen LogP contribution in [-0.4, -0.2) is 0 Å². The molecule has 0 saturated carbocycles. The number of halogens is 1. The van der Waals surface area contributed by atoms with E-state index in [4.69, 9.17) is 10.00 Å². The lowest BCUT2D eigenvalue weighted by Crippen LogP contribution is -1.88. The Kier molecular flexibility index (Phi) is 3.79. The smallest absolute Gasteiger partial charge is 0.145 e. The molecule has 2 rings (SSSR count). The maximum atomic E-state index is 8.94. The molecule has 0 aliphatic heterocycles. The molecule has 0 aliphatic rings. The molecule has 17 heavy (non-hydrogen) atoms. The number of ether oxygens (including phenoxy) is 1. The van der Waals surface area contributed by atoms with Gasteiger partial charge < -0.3 is 4.74 Å². The molecule has 0 saturated heterocycles. The maximum Gasteiger partial charge on any atom is 0.145 e. The molecule has 0 N–H and O–H groups in total. The third-order valence-corrected chi connectivity index (χ3v) is 2.96. The van der Waals surface area contributed by atoms with Gasteiger partial charge in [-0.2, -0.15) is 5.26 Å². The fourth-order valence-electron chi connectivity index (χ4n) is 1.42. The van der Waals surface area contributed by atoms with Gasteiger partial charge in [-0.1, -0.05) is 40.2 Å². The average molecular weight is 288 g/mol. The average Bonchev–Trinajstić information content (AvgIpc) is 2.40. The van der Waals surface area contributed by atoms with Gasteiger partial charge in [-0.05, 0) is 29.8 Å². The van der Waals surface area contributed by atoms with E-state index in [1.54, 1.807) is 12.1 Å². The predicted octanol–water partition coefficient (Wildman–Crippen LogP) is 4.25. The molecule has 2 nitrogen and oxygen atoms in total. The van der Waals surface area contributed by atoms with Crippen molar-refractivity contribution in [3.05, 3.63) is 59.7 Å². The van der Waals surface area contributed by atoms with Gasteiger partial charge in [-0.15, -0.1) is 0 Å². The van der Waals surface area contributed by atoms with Crippen molar-refractivity contribution in [3.63, 3.8) is 0 Å². The second-order valence-corrected chi connectivity index (χ2v) is 4.05. The minimum Gasteiger partial charge on any atom is -0.456 e. The van der Waals surface area contributed by atoms with Crippen LogP contribution >= 0.6 is 15.9 Å². The molecule has 0 atom stereocenters. The van der Waals surface area contributed by atoms with Crippen LogP contribution in [0.3, 0.4) is 0 Å². The fraction of sp³-hybridized carbons (Fsp3) is 0.0714. The Morgan fingerprint density at radius 2 is 1.76 bits per heavy atom. The van der Waals surface area contributed by atoms with Gasteiger partial charge in [0.2, 0.25) is 0 Å². The van der Waals surface area contributed by atoms with E-state index in [9.17, 15) is 0 Å². The number of hydrogen-bond acceptors (Lipinski definition) is 2. The van der Waals surface area contributed by atoms with Crippen molar-refractivity contribution in [1.29, 1.82) is 5.26 Å². The van der Waals surface area contributed by atoms with Crippen LogP contribution < -0.4 is 4.74 Å². The van der Waals surface area contributed by atoms with Gasteiger partial charge in [0.15, 0.2) is 0 Å². The van der Waals surface area contributed by atoms with Crippen molar-refractivity contribution in [2.24, 2.45) is 0 Å². The van der Waals surface area contributed by atoms with Crippen LogP contribution in [-0.2, 0) is 5.33 Å². The lowest BCUT2D eigenvalue weighted by molar-refractivity contribution is 0.481. The predicted molar refractivity (Wildman–Crippen MR) is 70.3 cm³/mol. The van der Waals surface area contributed by atoms with Crippen LogP contribution in [0.4, 0.5) is 0 Å². The third kappa shape index (κ3) is 2.86. The Hall–Kier alpha value is -1.79. The number of nitrogens with zero attached hydrogens (tertiary/aromatic N) is 1. The lowest BCUT2D eigenvalue weighted by atomic mass is 10.2. The zero-order chi connectivity index (χ0) is 12.1. The van der Waals surface area contributed by atoms with Crippen LogP contribution in [0.15, 0.2) is 48.5 Å². The number of para-hydroxylation sites is 1. The van der Waals surface area contributed by atoms with Gasteiger partial charge >= 0.3 is 0 Å². The first-order chi connectivity index (χ1) is 8.33. The highest BCUT2D eigenvalue weighted by Gasteiger charge is 2.03. The summed E-state index contributed by atoms with van der Waals surface area (Å²) in [5.74, 6) is 1.32. The number of alkyl halides is 1. The molecule has 2 aromatic rings. The highest BCUT2D eigenvalue weighted by atomic mass is 79.9. The SMILES string of the molecule is N#Cc1ccccc1Oc1ccc(CBr)cc1. The number of benzene rings is 2. The van der Waals surface area contributed by atoms with E-state index in [1.807, 2.05) is 36.4 Å². The summed E-state index contributed by atoms with van der Waals surface area (Å²) >= 11 is 3.39. The molecule has 0 heterocycles. The minimum absolute atomic E-state index is 0.539. The summed E-state index contributed by atoms with van der Waals surface area (Å²) in [4.78, 5) is 0. The summed E-state index contributed by atoms with van der Waals surface area (Å²) in [6.07, 6.45) is 0. The second-order valence-electron chi connectivity index (χ2n) is 3.49. The number of rotatable bonds is 3. The molecule has 0 aromatic heterocycles. The zero-order valence-electron chi connectivity index (χ0n) is 9.06. The molecule has 0 unspecified atom stereocenters. The lowest BCUT2D eigenvalue weighted by Gasteiger charge is -2.07. The zero-order valence-corrected chi connectivity index (χ0v) is 10.6. The van der Waals surface area contributed by atoms with Crippen LogP contribution in [0.5, 0.6) is 11.5 Å². The fourth-order valence-corrected chi connectivity index (χ4v) is 1.80. The summed E-state index contributed by atoms with van der Waals surface area (Å²) in [6, 6.07) is 17.1. The first-order valence-corrected chi connectivity index (χ1v) is 6.27. The van der Waals surface area contributed by atoms with Crippen LogP contribution in [0.25, 0.3) is 0 Å². The molecular weight excluding hydrogens is 278 g/mol. The normalized spacial score (nSPS) is 9.65. The third-order valence-electron chi connectivity index (χ3n) is 2.31. The van der Waals surface area contributed by atoms with E-state index in [-0.39, 0.29) is 0 Å². The topological polar surface area (TPSA) is 33.0 Å². The quantitative estimate of drug-likeness (QED) is 0.791. The molecule has 0 spiro atoms. The van der Waals surface area contributed by atoms with Crippen molar-refractivity contribution >= 4 is 15.9 Å². The van der Waals surface area contributed by atoms with E-state index in [1.165, 1.54) is 5.56 Å². The summed E-state index contributed by atoms with van der Waals surface area (Å²) in [7, 11) is 0. The highest BCUT2D eigenvalue weighted by molar-refractivity contribution is 9.08. The van der Waals surface area contributed by atoms with Gasteiger partial charge in [0, 0.05) is 5.33 Å². The Morgan fingerprint density at radius 3 is 2.41 bits per heavy atom. The van der Waals surface area contributed by atoms with Gasteiger partial charge in [-0.3, -0.25) is 0 Å². The molecule has 0 radical (unpaired) electrons. The van der Waals surface area contributed by atoms with Crippen LogP contribution in [0.2, 0.25) is 0 Å². The molecule has 3 heteroatoms. The van der Waals surface area contributed by atoms with Crippen LogP contribution in [0, 0.1) is 11.3 Å². The van der Waals surface area contributed by atoms with Gasteiger partial charge in [0.05, 0.1) is 5.56 Å². The van der Waals surface area contributed by atoms with E-state index in [0.717, 1.165) is 11.1 Å². The molecule has 0 amide bonds. The summed E-state index contributed by atoms with van der Waals surface area (Å²) in [5.41, 5.74) is 1.72. The second kappa shape index (κ2) is 5.51. The van der Waals surface area contributed by atoms with Crippen LogP contribution in [0.1, 0.15) is 11.1 Å². The first-order valence-electron chi connectivity index (χ1n) is 5.15. The molecule has 0 aliphatic carbocycles. The standard InChI is InChI=1S/C14H10BrNO/c15-9-11-5-7-13(8-6-11)17-14-4-2-1-3-12(14)10-16/h1-8H,9H2. The first kappa shape index (κ1) is 11.7. The van der Waals surface area contributed by atoms with E-state index in [2.05, 4.69) is 22.0 Å². The monoisotopic (exact) mass is 287 g/mol. The summed E-state index contributed by atoms with van der Waals surface area (Å²) < 4.78 is 5.66. The summed E-state index contributed by atoms with van der Waals surface area (Å²) in [5, 5.41) is 9.76. The Morgan fingerprint density at radius 1 is 1.06 bits per heavy atom. The number of nitriles is 1. The van der Waals surface area contributed by atoms with E-state index in [0.29, 0.717) is 11.3 Å². The number of hydrogen-bond donors (Lipinski definition) is 0.